The van der Waals surface area contributed by atoms with E-state index < -0.39 is 22.9 Å². The highest BCUT2D eigenvalue weighted by Gasteiger charge is 2.91. The number of hydrogen-bond donors (Lipinski definition) is 1. The number of rotatable bonds is 3. The topological polar surface area (TPSA) is 80.8 Å². The molecule has 2 saturated heterocycles. The van der Waals surface area contributed by atoms with E-state index in [-0.39, 0.29) is 35.4 Å². The Labute approximate surface area is 166 Å². The molecule has 5 aliphatic rings. The average Bonchev–Trinajstić information content (AvgIpc) is 3.51. The maximum Gasteiger partial charge on any atom is 0.334 e. The Kier molecular flexibility index (Phi) is 3.67. The first kappa shape index (κ1) is 19.0. The van der Waals surface area contributed by atoms with Crippen LogP contribution >= 0.6 is 0 Å². The van der Waals surface area contributed by atoms with Crippen molar-refractivity contribution < 1.29 is 28.8 Å². The minimum absolute atomic E-state index is 0.0178. The molecule has 0 radical (unpaired) electrons. The second-order valence-corrected chi connectivity index (χ2v) is 10.0. The Morgan fingerprint density at radius 1 is 1.25 bits per heavy atom. The van der Waals surface area contributed by atoms with E-state index >= 15 is 0 Å². The van der Waals surface area contributed by atoms with Crippen LogP contribution in [0.2, 0.25) is 0 Å². The molecule has 0 aromatic rings. The minimum Gasteiger partial charge on any atom is -0.458 e. The van der Waals surface area contributed by atoms with Crippen LogP contribution in [-0.4, -0.2) is 59.9 Å². The van der Waals surface area contributed by atoms with Crippen LogP contribution in [0.25, 0.3) is 0 Å². The normalized spacial score (nSPS) is 54.6. The summed E-state index contributed by atoms with van der Waals surface area (Å²) in [5, 5.41) is 11.7. The first-order chi connectivity index (χ1) is 13.1. The number of hydrogen-bond acceptors (Lipinski definition) is 6. The van der Waals surface area contributed by atoms with Crippen molar-refractivity contribution in [1.82, 2.24) is 0 Å². The molecule has 1 unspecified atom stereocenters. The predicted octanol–water partition coefficient (Wildman–Crippen LogP) is 2.38. The lowest BCUT2D eigenvalue weighted by Gasteiger charge is -2.54. The van der Waals surface area contributed by atoms with Gasteiger partial charge in [0, 0.05) is 24.5 Å². The zero-order valence-corrected chi connectivity index (χ0v) is 17.7. The fourth-order valence-corrected chi connectivity index (χ4v) is 7.14. The van der Waals surface area contributed by atoms with Gasteiger partial charge in [-0.2, -0.15) is 0 Å². The van der Waals surface area contributed by atoms with E-state index in [1.165, 1.54) is 0 Å². The maximum absolute atomic E-state index is 12.1. The molecule has 3 heterocycles. The molecule has 0 aromatic heterocycles. The minimum atomic E-state index is -0.764. The van der Waals surface area contributed by atoms with E-state index in [2.05, 4.69) is 27.7 Å². The molecular formula is C22H32O6. The summed E-state index contributed by atoms with van der Waals surface area (Å²) in [5.74, 6) is 0.0966. The first-order valence-corrected chi connectivity index (χ1v) is 10.6. The lowest BCUT2D eigenvalue weighted by molar-refractivity contribution is -0.190. The Bertz CT molecular complexity index is 775. The van der Waals surface area contributed by atoms with Crippen LogP contribution in [0.4, 0.5) is 0 Å². The van der Waals surface area contributed by atoms with Crippen LogP contribution in [0.3, 0.4) is 0 Å². The lowest BCUT2D eigenvalue weighted by Crippen LogP contribution is -2.70. The highest BCUT2D eigenvalue weighted by molar-refractivity contribution is 5.92. The summed E-state index contributed by atoms with van der Waals surface area (Å²) < 4.78 is 24.1. The number of carbonyl (C=O) groups excluding carboxylic acids is 1. The maximum atomic E-state index is 12.1. The van der Waals surface area contributed by atoms with Crippen molar-refractivity contribution in [2.75, 3.05) is 13.7 Å². The molecular weight excluding hydrogens is 360 g/mol. The van der Waals surface area contributed by atoms with Gasteiger partial charge in [0.2, 0.25) is 0 Å². The van der Waals surface area contributed by atoms with Gasteiger partial charge in [0.1, 0.15) is 23.9 Å². The molecule has 3 fully saturated rings. The van der Waals surface area contributed by atoms with E-state index in [9.17, 15) is 9.90 Å². The van der Waals surface area contributed by atoms with Gasteiger partial charge in [0.15, 0.2) is 5.60 Å². The number of carbonyl (C=O) groups is 1. The third kappa shape index (κ3) is 1.79. The Morgan fingerprint density at radius 3 is 2.50 bits per heavy atom. The van der Waals surface area contributed by atoms with Gasteiger partial charge in [-0.15, -0.1) is 0 Å². The van der Waals surface area contributed by atoms with Crippen LogP contribution in [0, 0.1) is 17.3 Å². The van der Waals surface area contributed by atoms with E-state index in [1.807, 2.05) is 6.92 Å². The largest absolute Gasteiger partial charge is 0.458 e. The van der Waals surface area contributed by atoms with Gasteiger partial charge in [-0.05, 0) is 37.2 Å². The molecule has 2 aliphatic carbocycles. The summed E-state index contributed by atoms with van der Waals surface area (Å²) in [6.07, 6.45) is 1.30. The number of epoxide rings is 2. The molecule has 1 spiro atoms. The van der Waals surface area contributed by atoms with Gasteiger partial charge >= 0.3 is 5.97 Å². The molecule has 5 rings (SSSR count). The monoisotopic (exact) mass is 392 g/mol. The van der Waals surface area contributed by atoms with Crippen molar-refractivity contribution in [3.8, 4) is 0 Å². The van der Waals surface area contributed by atoms with Crippen molar-refractivity contribution >= 4 is 5.97 Å². The molecule has 3 aliphatic heterocycles. The molecule has 8 atom stereocenters. The third-order valence-corrected chi connectivity index (χ3v) is 9.17. The molecule has 156 valence electrons. The van der Waals surface area contributed by atoms with Crippen molar-refractivity contribution in [1.29, 1.82) is 0 Å². The second kappa shape index (κ2) is 5.39. The van der Waals surface area contributed by atoms with Crippen LogP contribution in [-0.2, 0) is 23.7 Å². The zero-order chi connectivity index (χ0) is 20.3. The smallest absolute Gasteiger partial charge is 0.334 e. The lowest BCUT2D eigenvalue weighted by atomic mass is 9.50. The SMILES string of the molecule is CO[C@@]1(C(C)C)C[C@@H]2O[C@]2([C@@]2(C)CCC3=C(COC3=O)[C@@H]2C)[C@]2(OC2C)[C@@H]1O. The molecule has 0 amide bonds. The fourth-order valence-electron chi connectivity index (χ4n) is 7.14. The van der Waals surface area contributed by atoms with E-state index in [4.69, 9.17) is 18.9 Å². The van der Waals surface area contributed by atoms with Gasteiger partial charge in [0.25, 0.3) is 0 Å². The molecule has 0 bridgehead atoms. The van der Waals surface area contributed by atoms with Gasteiger partial charge in [-0.25, -0.2) is 4.79 Å². The summed E-state index contributed by atoms with van der Waals surface area (Å²) in [4.78, 5) is 12.1. The van der Waals surface area contributed by atoms with Gasteiger partial charge in [0.05, 0.1) is 12.2 Å². The number of methoxy groups -OCH3 is 1. The summed E-state index contributed by atoms with van der Waals surface area (Å²) in [5.41, 5.74) is -0.289. The van der Waals surface area contributed by atoms with Crippen molar-refractivity contribution in [2.24, 2.45) is 17.3 Å². The predicted molar refractivity (Wildman–Crippen MR) is 101 cm³/mol. The first-order valence-electron chi connectivity index (χ1n) is 10.6. The number of ether oxygens (including phenoxy) is 4. The Balaban J connectivity index is 1.59. The Hall–Kier alpha value is -0.950. The zero-order valence-electron chi connectivity index (χ0n) is 17.7. The summed E-state index contributed by atoms with van der Waals surface area (Å²) >= 11 is 0. The van der Waals surface area contributed by atoms with Crippen LogP contribution < -0.4 is 0 Å². The number of aliphatic hydroxyl groups excluding tert-OH is 1. The van der Waals surface area contributed by atoms with E-state index in [0.29, 0.717) is 19.4 Å². The van der Waals surface area contributed by atoms with Crippen molar-refractivity contribution in [2.45, 2.75) is 89.0 Å². The van der Waals surface area contributed by atoms with E-state index in [1.54, 1.807) is 7.11 Å². The standard InChI is InChI=1S/C22H32O6/c1-11(2)20(25-6)9-16-22(28-16,21(18(20)24)13(4)27-21)19(5)8-7-14-15(12(19)3)10-26-17(14)23/h11-13,16,18,24H,7-10H2,1-6H3/t12-,13?,16-,18+,19-,20+,21+,22+/m0/s1. The van der Waals surface area contributed by atoms with Crippen molar-refractivity contribution in [3.63, 3.8) is 0 Å². The number of esters is 1. The van der Waals surface area contributed by atoms with Crippen LogP contribution in [0.5, 0.6) is 0 Å². The highest BCUT2D eigenvalue weighted by Crippen LogP contribution is 2.75. The fraction of sp³-hybridized carbons (Fsp3) is 0.864. The highest BCUT2D eigenvalue weighted by atomic mass is 16.7. The van der Waals surface area contributed by atoms with Crippen LogP contribution in [0.1, 0.15) is 53.9 Å². The molecule has 1 saturated carbocycles. The van der Waals surface area contributed by atoms with Crippen LogP contribution in [0.15, 0.2) is 11.1 Å². The molecule has 1 N–H and O–H groups in total. The average molecular weight is 392 g/mol. The molecule has 28 heavy (non-hydrogen) atoms. The molecule has 0 aromatic carbocycles. The van der Waals surface area contributed by atoms with Gasteiger partial charge < -0.3 is 24.1 Å². The second-order valence-electron chi connectivity index (χ2n) is 10.0. The summed E-state index contributed by atoms with van der Waals surface area (Å²) in [7, 11) is 1.68. The summed E-state index contributed by atoms with van der Waals surface area (Å²) in [6.45, 7) is 11.0. The Morgan fingerprint density at radius 2 is 1.93 bits per heavy atom. The third-order valence-electron chi connectivity index (χ3n) is 9.17. The summed E-state index contributed by atoms with van der Waals surface area (Å²) in [6, 6.07) is 0. The van der Waals surface area contributed by atoms with Gasteiger partial charge in [-0.3, -0.25) is 0 Å². The number of cyclic esters (lactones) is 1. The quantitative estimate of drug-likeness (QED) is 0.587. The number of aliphatic hydroxyl groups is 1. The van der Waals surface area contributed by atoms with Crippen molar-refractivity contribution in [3.05, 3.63) is 11.1 Å². The van der Waals surface area contributed by atoms with Gasteiger partial charge in [-0.1, -0.05) is 27.7 Å². The number of fused-ring (bicyclic) bond motifs is 2. The molecule has 6 nitrogen and oxygen atoms in total. The van der Waals surface area contributed by atoms with E-state index in [0.717, 1.165) is 17.6 Å². The molecule has 6 heteroatoms.